The van der Waals surface area contributed by atoms with Crippen LogP contribution >= 0.6 is 12.4 Å². The van der Waals surface area contributed by atoms with Gasteiger partial charge in [-0.3, -0.25) is 0 Å². The van der Waals surface area contributed by atoms with E-state index in [-0.39, 0.29) is 36.1 Å². The predicted molar refractivity (Wildman–Crippen MR) is 92.7 cm³/mol. The third kappa shape index (κ3) is 3.98. The third-order valence-corrected chi connectivity index (χ3v) is 4.25. The lowest BCUT2D eigenvalue weighted by Crippen LogP contribution is -2.18. The molecule has 0 aromatic heterocycles. The van der Waals surface area contributed by atoms with Gasteiger partial charge >= 0.3 is 0 Å². The van der Waals surface area contributed by atoms with Crippen LogP contribution in [0.25, 0.3) is 0 Å². The Balaban J connectivity index is 0.00000225. The highest BCUT2D eigenvalue weighted by molar-refractivity contribution is 5.85. The van der Waals surface area contributed by atoms with Gasteiger partial charge in [-0.1, -0.05) is 24.3 Å². The summed E-state index contributed by atoms with van der Waals surface area (Å²) in [4.78, 5) is 16.0. The molecule has 4 nitrogen and oxygen atoms in total. The van der Waals surface area contributed by atoms with Crippen LogP contribution in [0.1, 0.15) is 41.5 Å². The Hall–Kier alpha value is -2.02. The number of aldehydes is 1. The molecule has 0 saturated carbocycles. The van der Waals surface area contributed by atoms with E-state index in [4.69, 9.17) is 10.6 Å². The van der Waals surface area contributed by atoms with Crippen LogP contribution in [-0.4, -0.2) is 12.8 Å². The second-order valence-corrected chi connectivity index (χ2v) is 5.79. The molecule has 0 radical (unpaired) electrons. The van der Waals surface area contributed by atoms with Crippen LogP contribution in [0.4, 0.5) is 8.78 Å². The van der Waals surface area contributed by atoms with Gasteiger partial charge in [0.15, 0.2) is 11.6 Å². The van der Waals surface area contributed by atoms with Crippen LogP contribution < -0.4 is 16.1 Å². The Morgan fingerprint density at radius 1 is 1.28 bits per heavy atom. The predicted octanol–water partition coefficient (Wildman–Crippen LogP) is 3.39. The number of para-hydroxylation sites is 1. The molecule has 3 rings (SSSR count). The summed E-state index contributed by atoms with van der Waals surface area (Å²) in [6.07, 6.45) is 1.37. The second kappa shape index (κ2) is 8.38. The number of nitrogens with one attached hydrogen (secondary N) is 1. The van der Waals surface area contributed by atoms with E-state index >= 15 is 0 Å². The maximum Gasteiger partial charge on any atom is 0.186 e. The first-order chi connectivity index (χ1) is 11.6. The monoisotopic (exact) mass is 368 g/mol. The molecule has 7 heteroatoms. The number of benzene rings is 2. The summed E-state index contributed by atoms with van der Waals surface area (Å²) in [5, 5.41) is 0. The van der Waals surface area contributed by atoms with Crippen molar-refractivity contribution >= 4 is 18.7 Å². The van der Waals surface area contributed by atoms with E-state index in [9.17, 15) is 13.6 Å². The van der Waals surface area contributed by atoms with E-state index in [1.165, 1.54) is 12.1 Å². The molecule has 2 aromatic rings. The van der Waals surface area contributed by atoms with Crippen LogP contribution in [0.15, 0.2) is 36.4 Å². The molecule has 0 amide bonds. The van der Waals surface area contributed by atoms with Crippen LogP contribution in [-0.2, 0) is 4.79 Å². The van der Waals surface area contributed by atoms with Gasteiger partial charge in [0.2, 0.25) is 0 Å². The number of hydroxylamine groups is 1. The fourth-order valence-electron chi connectivity index (χ4n) is 3.03. The summed E-state index contributed by atoms with van der Waals surface area (Å²) in [6.45, 7) is 0.520. The van der Waals surface area contributed by atoms with Gasteiger partial charge in [-0.25, -0.2) is 8.78 Å². The van der Waals surface area contributed by atoms with E-state index in [1.807, 2.05) is 0 Å². The molecule has 2 aromatic carbocycles. The fourth-order valence-corrected chi connectivity index (χ4v) is 3.03. The van der Waals surface area contributed by atoms with Gasteiger partial charge in [0, 0.05) is 36.1 Å². The molecule has 1 aliphatic heterocycles. The average molecular weight is 369 g/mol. The highest BCUT2D eigenvalue weighted by atomic mass is 35.5. The molecule has 0 aliphatic carbocycles. The maximum absolute atomic E-state index is 14.1. The average Bonchev–Trinajstić information content (AvgIpc) is 2.79. The fraction of sp³-hybridized carbons (Fsp3) is 0.278. The molecule has 0 bridgehead atoms. The van der Waals surface area contributed by atoms with Crippen molar-refractivity contribution in [2.24, 2.45) is 5.73 Å². The third-order valence-electron chi connectivity index (χ3n) is 4.25. The second-order valence-electron chi connectivity index (χ2n) is 5.79. The summed E-state index contributed by atoms with van der Waals surface area (Å²) in [5.41, 5.74) is 10.4. The molecule has 2 atom stereocenters. The standard InChI is InChI=1S/C18H18F2N2O2.ClH/c19-15-5-4-11(10-14(15)17(21)7-9-23)12-6-8-22-24-18-13(12)2-1-3-16(18)20;/h1-5,9-10,12,17,22H,6-8,21H2;1H/t12?,17-;/m0./s1. The number of hydrogen-bond acceptors (Lipinski definition) is 4. The van der Waals surface area contributed by atoms with Crippen molar-refractivity contribution < 1.29 is 18.4 Å². The van der Waals surface area contributed by atoms with Crippen LogP contribution in [0.2, 0.25) is 0 Å². The van der Waals surface area contributed by atoms with Crippen LogP contribution in [0, 0.1) is 11.6 Å². The summed E-state index contributed by atoms with van der Waals surface area (Å²) < 4.78 is 28.1. The zero-order valence-corrected chi connectivity index (χ0v) is 14.2. The minimum atomic E-state index is -0.699. The van der Waals surface area contributed by atoms with Gasteiger partial charge in [-0.05, 0) is 24.1 Å². The van der Waals surface area contributed by atoms with Gasteiger partial charge < -0.3 is 15.4 Å². The van der Waals surface area contributed by atoms with E-state index in [0.29, 0.717) is 24.8 Å². The minimum Gasteiger partial charge on any atom is -0.405 e. The SMILES string of the molecule is Cl.N[C@@H](CC=O)c1cc(C2CCNOc3c(F)cccc32)ccc1F. The number of nitrogens with two attached hydrogens (primary N) is 1. The normalized spacial score (nSPS) is 17.5. The van der Waals surface area contributed by atoms with Crippen molar-refractivity contribution in [3.8, 4) is 5.75 Å². The van der Waals surface area contributed by atoms with Gasteiger partial charge in [-0.2, -0.15) is 5.48 Å². The first-order valence-corrected chi connectivity index (χ1v) is 7.78. The Kier molecular flexibility index (Phi) is 6.47. The number of carbonyl (C=O) groups excluding carboxylic acids is 1. The van der Waals surface area contributed by atoms with Crippen LogP contribution in [0.5, 0.6) is 5.75 Å². The maximum atomic E-state index is 14.1. The van der Waals surface area contributed by atoms with E-state index in [2.05, 4.69) is 5.48 Å². The Morgan fingerprint density at radius 2 is 2.08 bits per heavy atom. The molecule has 3 N–H and O–H groups in total. The number of rotatable bonds is 4. The topological polar surface area (TPSA) is 64.4 Å². The molecule has 0 saturated heterocycles. The lowest BCUT2D eigenvalue weighted by Gasteiger charge is -2.19. The summed E-state index contributed by atoms with van der Waals surface area (Å²) in [6, 6.07) is 8.72. The number of fused-ring (bicyclic) bond motifs is 1. The first-order valence-electron chi connectivity index (χ1n) is 7.78. The first kappa shape index (κ1) is 19.3. The summed E-state index contributed by atoms with van der Waals surface area (Å²) in [5.74, 6) is -0.904. The van der Waals surface area contributed by atoms with Gasteiger partial charge in [0.05, 0.1) is 0 Å². The smallest absolute Gasteiger partial charge is 0.186 e. The zero-order valence-electron chi connectivity index (χ0n) is 13.4. The molecule has 1 heterocycles. The molecule has 0 spiro atoms. The summed E-state index contributed by atoms with van der Waals surface area (Å²) >= 11 is 0. The largest absolute Gasteiger partial charge is 0.405 e. The molecule has 1 aliphatic rings. The molecule has 134 valence electrons. The van der Waals surface area contributed by atoms with E-state index < -0.39 is 17.7 Å². The molecular weight excluding hydrogens is 350 g/mol. The molecular formula is C18H19ClF2N2O2. The van der Waals surface area contributed by atoms with Crippen molar-refractivity contribution in [1.29, 1.82) is 0 Å². The number of hydrogen-bond donors (Lipinski definition) is 2. The highest BCUT2D eigenvalue weighted by Gasteiger charge is 2.25. The van der Waals surface area contributed by atoms with E-state index in [1.54, 1.807) is 24.3 Å². The lowest BCUT2D eigenvalue weighted by molar-refractivity contribution is -0.108. The Morgan fingerprint density at radius 3 is 2.84 bits per heavy atom. The number of halogens is 3. The van der Waals surface area contributed by atoms with Gasteiger partial charge in [-0.15, -0.1) is 12.4 Å². The Labute approximate surface area is 150 Å². The van der Waals surface area contributed by atoms with Crippen LogP contribution in [0.3, 0.4) is 0 Å². The lowest BCUT2D eigenvalue weighted by atomic mass is 9.86. The van der Waals surface area contributed by atoms with Crippen molar-refractivity contribution in [1.82, 2.24) is 5.48 Å². The quantitative estimate of drug-likeness (QED) is 0.812. The van der Waals surface area contributed by atoms with Gasteiger partial charge in [0.1, 0.15) is 12.1 Å². The summed E-state index contributed by atoms with van der Waals surface area (Å²) in [7, 11) is 0. The van der Waals surface area contributed by atoms with E-state index in [0.717, 1.165) is 5.56 Å². The van der Waals surface area contributed by atoms with Gasteiger partial charge in [0.25, 0.3) is 0 Å². The highest BCUT2D eigenvalue weighted by Crippen LogP contribution is 2.38. The Bertz CT molecular complexity index is 758. The van der Waals surface area contributed by atoms with Crippen molar-refractivity contribution in [2.45, 2.75) is 24.8 Å². The number of carbonyl (C=O) groups is 1. The molecule has 1 unspecified atom stereocenters. The molecule has 0 fully saturated rings. The minimum absolute atomic E-state index is 0. The molecule has 25 heavy (non-hydrogen) atoms. The van der Waals surface area contributed by atoms with Crippen molar-refractivity contribution in [2.75, 3.05) is 6.54 Å². The van der Waals surface area contributed by atoms with Crippen molar-refractivity contribution in [3.63, 3.8) is 0 Å². The van der Waals surface area contributed by atoms with Crippen molar-refractivity contribution in [3.05, 3.63) is 64.7 Å². The zero-order chi connectivity index (χ0) is 17.1.